The molecule has 1 unspecified atom stereocenters. The molecule has 1 aliphatic heterocycles. The summed E-state index contributed by atoms with van der Waals surface area (Å²) in [6, 6.07) is 5.25. The summed E-state index contributed by atoms with van der Waals surface area (Å²) in [5.74, 6) is -2.26. The molecule has 0 saturated heterocycles. The molecule has 0 saturated carbocycles. The first-order valence-electron chi connectivity index (χ1n) is 11.9. The lowest BCUT2D eigenvalue weighted by Crippen LogP contribution is -2.41. The van der Waals surface area contributed by atoms with Crippen molar-refractivity contribution in [2.75, 3.05) is 31.6 Å². The number of alkyl halides is 1. The fraction of sp³-hybridized carbons (Fsp3) is 0.333. The Balaban J connectivity index is 1.73. The average Bonchev–Trinajstić information content (AvgIpc) is 2.90. The predicted molar refractivity (Wildman–Crippen MR) is 147 cm³/mol. The van der Waals surface area contributed by atoms with E-state index in [9.17, 15) is 34.0 Å². The van der Waals surface area contributed by atoms with E-state index >= 15 is 0 Å². The zero-order valence-electron chi connectivity index (χ0n) is 21.0. The number of nitrogens with zero attached hydrogens (tertiary/aromatic N) is 2. The summed E-state index contributed by atoms with van der Waals surface area (Å²) in [6.45, 7) is 1.05. The summed E-state index contributed by atoms with van der Waals surface area (Å²) >= 11 is 9.24. The van der Waals surface area contributed by atoms with Crippen molar-refractivity contribution in [3.63, 3.8) is 0 Å². The Hall–Kier alpha value is -3.98. The summed E-state index contributed by atoms with van der Waals surface area (Å²) in [4.78, 5) is 52.4. The minimum atomic E-state index is -1.16. The molecule has 2 amide bonds. The minimum absolute atomic E-state index is 0.00426. The number of nitrogens with one attached hydrogen (secondary N) is 4. The van der Waals surface area contributed by atoms with E-state index in [1.54, 1.807) is 6.92 Å². The molecule has 1 heterocycles. The molecule has 1 aliphatic rings. The van der Waals surface area contributed by atoms with Crippen LogP contribution in [0.15, 0.2) is 39.8 Å². The van der Waals surface area contributed by atoms with Crippen LogP contribution in [-0.4, -0.2) is 66.2 Å². The van der Waals surface area contributed by atoms with Crippen molar-refractivity contribution in [3.05, 3.63) is 61.1 Å². The molecule has 0 aromatic heterocycles. The molecule has 2 atom stereocenters. The third-order valence-corrected chi connectivity index (χ3v) is 6.27. The number of phenolic OH excluding ortho intramolecular Hbond substituents is 1. The third kappa shape index (κ3) is 8.51. The first-order valence-corrected chi connectivity index (χ1v) is 13.0. The van der Waals surface area contributed by atoms with Gasteiger partial charge >= 0.3 is 5.97 Å². The molecular weight excluding hydrogens is 619 g/mol. The number of aromatic hydroxyl groups is 1. The van der Waals surface area contributed by atoms with Gasteiger partial charge < -0.3 is 31.1 Å². The number of ether oxygens (including phenoxy) is 1. The molecule has 0 aliphatic carbocycles. The summed E-state index contributed by atoms with van der Waals surface area (Å²) in [7, 11) is 0. The van der Waals surface area contributed by atoms with Gasteiger partial charge in [0.15, 0.2) is 5.96 Å². The number of nitro benzene ring substituents is 1. The Morgan fingerprint density at radius 3 is 2.73 bits per heavy atom. The van der Waals surface area contributed by atoms with E-state index in [0.717, 1.165) is 6.07 Å². The number of anilines is 1. The number of halogens is 3. The van der Waals surface area contributed by atoms with Crippen LogP contribution in [0.3, 0.4) is 0 Å². The summed E-state index contributed by atoms with van der Waals surface area (Å²) in [5, 5.41) is 32.5. The number of phenols is 1. The molecule has 2 aromatic carbocycles. The zero-order valence-corrected chi connectivity index (χ0v) is 23.3. The number of aliphatic imine (C=N–C) groups is 1. The maximum Gasteiger partial charge on any atom is 0.308 e. The summed E-state index contributed by atoms with van der Waals surface area (Å²) in [6.07, 6.45) is -1.50. The molecule has 214 valence electrons. The first-order chi connectivity index (χ1) is 19.0. The highest BCUT2D eigenvalue weighted by molar-refractivity contribution is 9.10. The van der Waals surface area contributed by atoms with E-state index in [1.165, 1.54) is 24.3 Å². The summed E-state index contributed by atoms with van der Waals surface area (Å²) in [5.41, 5.74) is -0.261. The van der Waals surface area contributed by atoms with E-state index in [2.05, 4.69) is 42.2 Å². The predicted octanol–water partition coefficient (Wildman–Crippen LogP) is 2.97. The lowest BCUT2D eigenvalue weighted by atomic mass is 10.0. The van der Waals surface area contributed by atoms with Gasteiger partial charge in [-0.05, 0) is 41.1 Å². The minimum Gasteiger partial charge on any atom is -0.506 e. The van der Waals surface area contributed by atoms with E-state index in [-0.39, 0.29) is 64.1 Å². The second-order valence-corrected chi connectivity index (χ2v) is 9.75. The highest BCUT2D eigenvalue weighted by atomic mass is 79.9. The van der Waals surface area contributed by atoms with E-state index in [4.69, 9.17) is 16.3 Å². The van der Waals surface area contributed by atoms with Gasteiger partial charge in [-0.25, -0.2) is 9.38 Å². The largest absolute Gasteiger partial charge is 0.506 e. The normalized spacial score (nSPS) is 15.2. The fourth-order valence-electron chi connectivity index (χ4n) is 3.64. The van der Waals surface area contributed by atoms with Crippen molar-refractivity contribution in [3.8, 4) is 5.75 Å². The topological polar surface area (TPSA) is 184 Å². The SMILES string of the molecule is CCOC(=O)C[C@@H](NC(=O)CNC(=O)c1cc(NC2=NCC(F)CN2)cc([N+](=O)[O-])c1)c1cc(Cl)cc(Br)c1O. The van der Waals surface area contributed by atoms with Crippen molar-refractivity contribution in [2.24, 2.45) is 4.99 Å². The quantitative estimate of drug-likeness (QED) is 0.148. The fourth-order valence-corrected chi connectivity index (χ4v) is 4.48. The van der Waals surface area contributed by atoms with Gasteiger partial charge in [-0.2, -0.15) is 0 Å². The second-order valence-electron chi connectivity index (χ2n) is 8.46. The number of hydrogen-bond acceptors (Lipinski definition) is 10. The Morgan fingerprint density at radius 1 is 1.32 bits per heavy atom. The molecule has 0 fully saturated rings. The molecule has 40 heavy (non-hydrogen) atoms. The number of carbonyl (C=O) groups excluding carboxylic acids is 3. The number of benzene rings is 2. The Kier molecular flexibility index (Phi) is 10.6. The van der Waals surface area contributed by atoms with E-state index < -0.39 is 47.2 Å². The maximum absolute atomic E-state index is 13.3. The number of carbonyl (C=O) groups is 3. The molecule has 2 aromatic rings. The highest BCUT2D eigenvalue weighted by Gasteiger charge is 2.25. The molecule has 5 N–H and O–H groups in total. The van der Waals surface area contributed by atoms with Crippen LogP contribution in [0.1, 0.15) is 35.3 Å². The monoisotopic (exact) mass is 642 g/mol. The lowest BCUT2D eigenvalue weighted by Gasteiger charge is -2.21. The Bertz CT molecular complexity index is 1350. The van der Waals surface area contributed by atoms with Crippen LogP contribution in [-0.2, 0) is 14.3 Å². The van der Waals surface area contributed by atoms with Gasteiger partial charge in [0, 0.05) is 34.0 Å². The first kappa shape index (κ1) is 30.6. The van der Waals surface area contributed by atoms with Gasteiger partial charge in [-0.15, -0.1) is 0 Å². The van der Waals surface area contributed by atoms with E-state index in [0.29, 0.717) is 0 Å². The van der Waals surface area contributed by atoms with Crippen LogP contribution >= 0.6 is 27.5 Å². The van der Waals surface area contributed by atoms with Gasteiger partial charge in [0.1, 0.15) is 11.9 Å². The maximum atomic E-state index is 13.3. The van der Waals surface area contributed by atoms with Gasteiger partial charge in [0.2, 0.25) is 5.91 Å². The van der Waals surface area contributed by atoms with Crippen molar-refractivity contribution in [1.29, 1.82) is 0 Å². The molecule has 16 heteroatoms. The second kappa shape index (κ2) is 13.9. The standard InChI is InChI=1S/C24H25BrClFN6O7/c1-2-40-21(35)8-19(17-5-13(26)6-18(25)22(17)36)32-20(34)11-28-23(37)12-3-15(7-16(4-12)33(38)39)31-24-29-9-14(27)10-30-24/h3-7,14,19,36H,2,8-11H2,1H3,(H,28,37)(H,32,34)(H2,29,30,31)/t19-/m1/s1. The van der Waals surface area contributed by atoms with Crippen LogP contribution in [0.4, 0.5) is 15.8 Å². The van der Waals surface area contributed by atoms with Crippen molar-refractivity contribution < 1.29 is 33.5 Å². The number of nitro groups is 1. The van der Waals surface area contributed by atoms with Gasteiger partial charge in [-0.1, -0.05) is 11.6 Å². The van der Waals surface area contributed by atoms with Crippen LogP contribution in [0, 0.1) is 10.1 Å². The molecule has 3 rings (SSSR count). The smallest absolute Gasteiger partial charge is 0.308 e. The van der Waals surface area contributed by atoms with E-state index in [1.807, 2.05) is 0 Å². The van der Waals surface area contributed by atoms with Crippen LogP contribution in [0.25, 0.3) is 0 Å². The molecular formula is C24H25BrClFN6O7. The molecule has 13 nitrogen and oxygen atoms in total. The summed E-state index contributed by atoms with van der Waals surface area (Å²) < 4.78 is 18.5. The molecule has 0 spiro atoms. The average molecular weight is 644 g/mol. The number of esters is 1. The number of non-ortho nitro benzene ring substituents is 1. The number of hydrogen-bond donors (Lipinski definition) is 5. The van der Waals surface area contributed by atoms with Gasteiger partial charge in [-0.3, -0.25) is 24.5 Å². The third-order valence-electron chi connectivity index (χ3n) is 5.45. The number of guanidine groups is 1. The lowest BCUT2D eigenvalue weighted by molar-refractivity contribution is -0.384. The molecule has 0 radical (unpaired) electrons. The van der Waals surface area contributed by atoms with Crippen LogP contribution in [0.5, 0.6) is 5.75 Å². The van der Waals surface area contributed by atoms with Crippen molar-refractivity contribution in [1.82, 2.24) is 16.0 Å². The number of amides is 2. The Morgan fingerprint density at radius 2 is 2.08 bits per heavy atom. The zero-order chi connectivity index (χ0) is 29.4. The van der Waals surface area contributed by atoms with Crippen LogP contribution in [0.2, 0.25) is 5.02 Å². The molecule has 0 bridgehead atoms. The highest BCUT2D eigenvalue weighted by Crippen LogP contribution is 2.36. The van der Waals surface area contributed by atoms with Crippen molar-refractivity contribution in [2.45, 2.75) is 25.6 Å². The van der Waals surface area contributed by atoms with Crippen LogP contribution < -0.4 is 21.3 Å². The van der Waals surface area contributed by atoms with Crippen molar-refractivity contribution >= 4 is 62.6 Å². The number of rotatable bonds is 10. The Labute approximate surface area is 240 Å². The van der Waals surface area contributed by atoms with Gasteiger partial charge in [0.05, 0.1) is 48.1 Å². The van der Waals surface area contributed by atoms with Gasteiger partial charge in [0.25, 0.3) is 11.6 Å².